The van der Waals surface area contributed by atoms with Gasteiger partial charge in [0.2, 0.25) is 6.79 Å². The number of nitrogens with zero attached hydrogens (tertiary/aromatic N) is 2. The molecule has 1 aliphatic heterocycles. The lowest BCUT2D eigenvalue weighted by atomic mass is 10.1. The summed E-state index contributed by atoms with van der Waals surface area (Å²) in [5.41, 5.74) is 2.50. The average Bonchev–Trinajstić information content (AvgIpc) is 3.15. The second-order valence-electron chi connectivity index (χ2n) is 6.09. The van der Waals surface area contributed by atoms with Crippen molar-refractivity contribution in [1.82, 2.24) is 9.97 Å². The topological polar surface area (TPSA) is 85.4 Å². The standard InChI is InChI=1S/C20H18N4O3/c1-13(25)15-3-2-4-16(8-15)24-20-9-19(22-11-23-20)21-10-14-5-6-17-18(7-14)27-12-26-17/h2-9,11H,10,12H2,1H3,(H2,21,22,23,24). The molecule has 136 valence electrons. The van der Waals surface area contributed by atoms with Crippen LogP contribution in [0.25, 0.3) is 0 Å². The minimum atomic E-state index is 0.0208. The van der Waals surface area contributed by atoms with Crippen LogP contribution < -0.4 is 20.1 Å². The first-order valence-electron chi connectivity index (χ1n) is 8.50. The summed E-state index contributed by atoms with van der Waals surface area (Å²) in [6, 6.07) is 14.9. The number of benzene rings is 2. The smallest absolute Gasteiger partial charge is 0.231 e. The van der Waals surface area contributed by atoms with E-state index < -0.39 is 0 Å². The number of fused-ring (bicyclic) bond motifs is 1. The summed E-state index contributed by atoms with van der Waals surface area (Å²) in [6.07, 6.45) is 1.49. The Bertz CT molecular complexity index is 990. The van der Waals surface area contributed by atoms with Crippen LogP contribution in [0.5, 0.6) is 11.5 Å². The van der Waals surface area contributed by atoms with Crippen molar-refractivity contribution in [3.63, 3.8) is 0 Å². The van der Waals surface area contributed by atoms with E-state index in [0.29, 0.717) is 23.7 Å². The van der Waals surface area contributed by atoms with Gasteiger partial charge < -0.3 is 20.1 Å². The highest BCUT2D eigenvalue weighted by Crippen LogP contribution is 2.32. The Morgan fingerprint density at radius 1 is 1.04 bits per heavy atom. The Labute approximate surface area is 156 Å². The van der Waals surface area contributed by atoms with Gasteiger partial charge in [0.15, 0.2) is 17.3 Å². The van der Waals surface area contributed by atoms with Crippen molar-refractivity contribution in [3.05, 3.63) is 66.0 Å². The van der Waals surface area contributed by atoms with Crippen LogP contribution in [0.15, 0.2) is 54.9 Å². The molecular weight excluding hydrogens is 344 g/mol. The summed E-state index contributed by atoms with van der Waals surface area (Å²) in [6.45, 7) is 2.40. The number of ether oxygens (including phenoxy) is 2. The van der Waals surface area contributed by atoms with Crippen LogP contribution >= 0.6 is 0 Å². The maximum Gasteiger partial charge on any atom is 0.231 e. The van der Waals surface area contributed by atoms with Gasteiger partial charge in [-0.1, -0.05) is 18.2 Å². The van der Waals surface area contributed by atoms with Gasteiger partial charge in [0.1, 0.15) is 18.0 Å². The highest BCUT2D eigenvalue weighted by atomic mass is 16.7. The van der Waals surface area contributed by atoms with Gasteiger partial charge in [0, 0.05) is 23.9 Å². The monoisotopic (exact) mass is 362 g/mol. The van der Waals surface area contributed by atoms with Crippen LogP contribution in [-0.2, 0) is 6.54 Å². The zero-order chi connectivity index (χ0) is 18.6. The number of carbonyl (C=O) groups is 1. The number of carbonyl (C=O) groups excluding carboxylic acids is 1. The van der Waals surface area contributed by atoms with Crippen molar-refractivity contribution in [2.24, 2.45) is 0 Å². The van der Waals surface area contributed by atoms with Crippen LogP contribution in [0.2, 0.25) is 0 Å². The number of Topliss-reactive ketones (excluding diaryl/α,β-unsaturated/α-hetero) is 1. The molecule has 0 amide bonds. The SMILES string of the molecule is CC(=O)c1cccc(Nc2cc(NCc3ccc4c(c3)OCO4)ncn2)c1. The lowest BCUT2D eigenvalue weighted by Crippen LogP contribution is -2.03. The average molecular weight is 362 g/mol. The number of ketones is 1. The normalized spacial score (nSPS) is 11.9. The molecule has 0 atom stereocenters. The van der Waals surface area contributed by atoms with E-state index in [1.165, 1.54) is 6.33 Å². The number of nitrogens with one attached hydrogen (secondary N) is 2. The van der Waals surface area contributed by atoms with E-state index in [-0.39, 0.29) is 12.6 Å². The quantitative estimate of drug-likeness (QED) is 0.646. The third-order valence-electron chi connectivity index (χ3n) is 4.12. The predicted molar refractivity (Wildman–Crippen MR) is 102 cm³/mol. The Morgan fingerprint density at radius 3 is 2.78 bits per heavy atom. The van der Waals surface area contributed by atoms with E-state index in [1.54, 1.807) is 19.1 Å². The zero-order valence-electron chi connectivity index (χ0n) is 14.7. The van der Waals surface area contributed by atoms with Gasteiger partial charge in [0.25, 0.3) is 0 Å². The molecule has 0 bridgehead atoms. The molecule has 0 fully saturated rings. The van der Waals surface area contributed by atoms with Gasteiger partial charge in [-0.05, 0) is 36.8 Å². The van der Waals surface area contributed by atoms with E-state index >= 15 is 0 Å². The molecule has 2 aromatic carbocycles. The first-order chi connectivity index (χ1) is 13.2. The number of aromatic nitrogens is 2. The van der Waals surface area contributed by atoms with Gasteiger partial charge in [-0.25, -0.2) is 9.97 Å². The second-order valence-corrected chi connectivity index (χ2v) is 6.09. The van der Waals surface area contributed by atoms with E-state index in [4.69, 9.17) is 9.47 Å². The van der Waals surface area contributed by atoms with Crippen molar-refractivity contribution < 1.29 is 14.3 Å². The molecule has 27 heavy (non-hydrogen) atoms. The zero-order valence-corrected chi connectivity index (χ0v) is 14.7. The van der Waals surface area contributed by atoms with Crippen LogP contribution in [0.3, 0.4) is 0 Å². The summed E-state index contributed by atoms with van der Waals surface area (Å²) in [5.74, 6) is 2.86. The Balaban J connectivity index is 1.43. The fourth-order valence-corrected chi connectivity index (χ4v) is 2.73. The molecule has 1 aliphatic rings. The van der Waals surface area contributed by atoms with Crippen LogP contribution in [0.1, 0.15) is 22.8 Å². The molecule has 0 saturated carbocycles. The molecule has 0 spiro atoms. The number of hydrogen-bond acceptors (Lipinski definition) is 7. The van der Waals surface area contributed by atoms with Gasteiger partial charge in [-0.3, -0.25) is 4.79 Å². The maximum absolute atomic E-state index is 11.5. The Morgan fingerprint density at radius 2 is 1.89 bits per heavy atom. The third-order valence-corrected chi connectivity index (χ3v) is 4.12. The minimum absolute atomic E-state index is 0.0208. The first-order valence-corrected chi connectivity index (χ1v) is 8.50. The van der Waals surface area contributed by atoms with Crippen molar-refractivity contribution in [2.45, 2.75) is 13.5 Å². The summed E-state index contributed by atoms with van der Waals surface area (Å²) < 4.78 is 10.7. The molecule has 4 rings (SSSR count). The lowest BCUT2D eigenvalue weighted by molar-refractivity contribution is 0.101. The van der Waals surface area contributed by atoms with Crippen molar-refractivity contribution in [2.75, 3.05) is 17.4 Å². The largest absolute Gasteiger partial charge is 0.454 e. The van der Waals surface area contributed by atoms with Gasteiger partial charge in [0.05, 0.1) is 0 Å². The number of hydrogen-bond donors (Lipinski definition) is 2. The predicted octanol–water partition coefficient (Wildman–Crippen LogP) is 3.76. The lowest BCUT2D eigenvalue weighted by Gasteiger charge is -2.10. The maximum atomic E-state index is 11.5. The number of rotatable bonds is 6. The molecule has 0 saturated heterocycles. The third kappa shape index (κ3) is 3.98. The van der Waals surface area contributed by atoms with Gasteiger partial charge in [-0.2, -0.15) is 0 Å². The van der Waals surface area contributed by atoms with E-state index in [9.17, 15) is 4.79 Å². The molecule has 7 nitrogen and oxygen atoms in total. The van der Waals surface area contributed by atoms with E-state index in [1.807, 2.05) is 36.4 Å². The molecule has 3 aromatic rings. The summed E-state index contributed by atoms with van der Waals surface area (Å²) in [5, 5.41) is 6.46. The van der Waals surface area contributed by atoms with Gasteiger partial charge in [-0.15, -0.1) is 0 Å². The van der Waals surface area contributed by atoms with Crippen LogP contribution in [0, 0.1) is 0 Å². The summed E-state index contributed by atoms with van der Waals surface area (Å²) >= 11 is 0. The molecule has 0 radical (unpaired) electrons. The minimum Gasteiger partial charge on any atom is -0.454 e. The fraction of sp³-hybridized carbons (Fsp3) is 0.150. The molecule has 2 heterocycles. The molecule has 0 aliphatic carbocycles. The van der Waals surface area contributed by atoms with Crippen LogP contribution in [0.4, 0.5) is 17.3 Å². The van der Waals surface area contributed by atoms with Crippen molar-refractivity contribution in [1.29, 1.82) is 0 Å². The molecule has 0 unspecified atom stereocenters. The van der Waals surface area contributed by atoms with Gasteiger partial charge >= 0.3 is 0 Å². The molecular formula is C20H18N4O3. The Kier molecular flexibility index (Phi) is 4.57. The first kappa shape index (κ1) is 16.8. The summed E-state index contributed by atoms with van der Waals surface area (Å²) in [7, 11) is 0. The molecule has 1 aromatic heterocycles. The summed E-state index contributed by atoms with van der Waals surface area (Å²) in [4.78, 5) is 20.0. The van der Waals surface area contributed by atoms with Crippen LogP contribution in [-0.4, -0.2) is 22.5 Å². The van der Waals surface area contributed by atoms with Crippen molar-refractivity contribution >= 4 is 23.1 Å². The highest BCUT2D eigenvalue weighted by Gasteiger charge is 2.13. The van der Waals surface area contributed by atoms with E-state index in [0.717, 1.165) is 22.7 Å². The fourth-order valence-electron chi connectivity index (χ4n) is 2.73. The highest BCUT2D eigenvalue weighted by molar-refractivity contribution is 5.95. The Hall–Kier alpha value is -3.61. The molecule has 7 heteroatoms. The number of anilines is 3. The second kappa shape index (κ2) is 7.33. The van der Waals surface area contributed by atoms with Crippen molar-refractivity contribution in [3.8, 4) is 11.5 Å². The molecule has 2 N–H and O–H groups in total. The van der Waals surface area contributed by atoms with E-state index in [2.05, 4.69) is 20.6 Å².